The summed E-state index contributed by atoms with van der Waals surface area (Å²) in [4.78, 5) is 14.0. The number of hydrogen-bond donors (Lipinski definition) is 1. The van der Waals surface area contributed by atoms with E-state index in [0.29, 0.717) is 5.92 Å². The molecule has 1 aliphatic heterocycles. The van der Waals surface area contributed by atoms with Gasteiger partial charge >= 0.3 is 0 Å². The van der Waals surface area contributed by atoms with Crippen molar-refractivity contribution in [3.05, 3.63) is 22.4 Å². The summed E-state index contributed by atoms with van der Waals surface area (Å²) >= 11 is 1.73. The van der Waals surface area contributed by atoms with Crippen LogP contribution in [0.5, 0.6) is 0 Å². The Hall–Kier alpha value is -0.870. The van der Waals surface area contributed by atoms with Crippen molar-refractivity contribution in [2.24, 2.45) is 17.6 Å². The van der Waals surface area contributed by atoms with Crippen LogP contribution in [0.4, 0.5) is 0 Å². The van der Waals surface area contributed by atoms with E-state index in [1.54, 1.807) is 11.3 Å². The van der Waals surface area contributed by atoms with E-state index in [-0.39, 0.29) is 17.9 Å². The molecule has 2 unspecified atom stereocenters. The summed E-state index contributed by atoms with van der Waals surface area (Å²) in [6.45, 7) is 5.49. The number of thiophene rings is 1. The first-order chi connectivity index (χ1) is 8.56. The second-order valence-electron chi connectivity index (χ2n) is 5.60. The van der Waals surface area contributed by atoms with Gasteiger partial charge in [0, 0.05) is 25.0 Å². The molecule has 0 saturated carbocycles. The second-order valence-corrected chi connectivity index (χ2v) is 6.38. The van der Waals surface area contributed by atoms with Crippen LogP contribution in [-0.4, -0.2) is 29.9 Å². The van der Waals surface area contributed by atoms with E-state index in [1.165, 1.54) is 5.56 Å². The van der Waals surface area contributed by atoms with Crippen LogP contribution in [-0.2, 0) is 11.2 Å². The SMILES string of the molecule is CC(C)C(=O)N1CC(N)CC(Cc2ccsc2)C1. The first-order valence-electron chi connectivity index (χ1n) is 6.61. The molecule has 2 N–H and O–H groups in total. The van der Waals surface area contributed by atoms with Crippen LogP contribution in [0.15, 0.2) is 16.8 Å². The number of hydrogen-bond acceptors (Lipinski definition) is 3. The molecule has 18 heavy (non-hydrogen) atoms. The van der Waals surface area contributed by atoms with Gasteiger partial charge in [-0.2, -0.15) is 11.3 Å². The lowest BCUT2D eigenvalue weighted by molar-refractivity contribution is -0.136. The number of amides is 1. The molecule has 4 heteroatoms. The maximum absolute atomic E-state index is 12.1. The molecule has 1 aromatic rings. The fourth-order valence-corrected chi connectivity index (χ4v) is 3.36. The van der Waals surface area contributed by atoms with Crippen molar-refractivity contribution in [3.8, 4) is 0 Å². The van der Waals surface area contributed by atoms with Crippen molar-refractivity contribution in [2.75, 3.05) is 13.1 Å². The molecule has 1 saturated heterocycles. The van der Waals surface area contributed by atoms with E-state index in [4.69, 9.17) is 5.73 Å². The highest BCUT2D eigenvalue weighted by Crippen LogP contribution is 2.22. The van der Waals surface area contributed by atoms with Crippen LogP contribution in [0.1, 0.15) is 25.8 Å². The Balaban J connectivity index is 1.98. The molecule has 1 amide bonds. The van der Waals surface area contributed by atoms with Crippen LogP contribution in [0.2, 0.25) is 0 Å². The van der Waals surface area contributed by atoms with Gasteiger partial charge in [-0.3, -0.25) is 4.79 Å². The molecule has 1 aromatic heterocycles. The third kappa shape index (κ3) is 3.33. The van der Waals surface area contributed by atoms with Crippen molar-refractivity contribution in [3.63, 3.8) is 0 Å². The summed E-state index contributed by atoms with van der Waals surface area (Å²) in [5.74, 6) is 0.809. The summed E-state index contributed by atoms with van der Waals surface area (Å²) in [6.07, 6.45) is 2.07. The van der Waals surface area contributed by atoms with Gasteiger partial charge in [-0.1, -0.05) is 13.8 Å². The number of likely N-dealkylation sites (tertiary alicyclic amines) is 1. The average Bonchev–Trinajstić information content (AvgIpc) is 2.79. The summed E-state index contributed by atoms with van der Waals surface area (Å²) in [6, 6.07) is 2.30. The predicted octanol–water partition coefficient (Wildman–Crippen LogP) is 2.12. The highest BCUT2D eigenvalue weighted by atomic mass is 32.1. The fraction of sp³-hybridized carbons (Fsp3) is 0.643. The largest absolute Gasteiger partial charge is 0.341 e. The lowest BCUT2D eigenvalue weighted by Gasteiger charge is -2.37. The zero-order valence-corrected chi connectivity index (χ0v) is 12.0. The quantitative estimate of drug-likeness (QED) is 0.911. The van der Waals surface area contributed by atoms with E-state index < -0.39 is 0 Å². The van der Waals surface area contributed by atoms with Gasteiger partial charge in [0.2, 0.25) is 5.91 Å². The Morgan fingerprint density at radius 3 is 2.94 bits per heavy atom. The minimum atomic E-state index is 0.0668. The normalized spacial score (nSPS) is 24.6. The maximum atomic E-state index is 12.1. The first-order valence-corrected chi connectivity index (χ1v) is 7.56. The summed E-state index contributed by atoms with van der Waals surface area (Å²) in [5, 5.41) is 4.30. The molecule has 3 nitrogen and oxygen atoms in total. The molecular formula is C14H22N2OS. The Labute approximate surface area is 113 Å². The highest BCUT2D eigenvalue weighted by molar-refractivity contribution is 7.07. The van der Waals surface area contributed by atoms with E-state index in [2.05, 4.69) is 16.8 Å². The zero-order chi connectivity index (χ0) is 13.1. The number of carbonyl (C=O) groups is 1. The van der Waals surface area contributed by atoms with Gasteiger partial charge in [0.1, 0.15) is 0 Å². The molecule has 0 radical (unpaired) electrons. The zero-order valence-electron chi connectivity index (χ0n) is 11.1. The Kier molecular flexibility index (Phi) is 4.40. The topological polar surface area (TPSA) is 46.3 Å². The van der Waals surface area contributed by atoms with Crippen molar-refractivity contribution in [1.29, 1.82) is 0 Å². The van der Waals surface area contributed by atoms with Crippen LogP contribution < -0.4 is 5.73 Å². The minimum absolute atomic E-state index is 0.0668. The van der Waals surface area contributed by atoms with Crippen LogP contribution in [0.25, 0.3) is 0 Å². The Bertz CT molecular complexity index is 389. The molecule has 1 fully saturated rings. The second kappa shape index (κ2) is 5.85. The van der Waals surface area contributed by atoms with E-state index in [0.717, 1.165) is 25.9 Å². The van der Waals surface area contributed by atoms with Crippen molar-refractivity contribution < 1.29 is 4.79 Å². The van der Waals surface area contributed by atoms with Crippen molar-refractivity contribution in [2.45, 2.75) is 32.7 Å². The molecule has 2 rings (SSSR count). The molecule has 0 aliphatic carbocycles. The smallest absolute Gasteiger partial charge is 0.225 e. The van der Waals surface area contributed by atoms with Crippen molar-refractivity contribution in [1.82, 2.24) is 4.90 Å². The van der Waals surface area contributed by atoms with Gasteiger partial charge in [0.15, 0.2) is 0 Å². The number of nitrogens with two attached hydrogens (primary N) is 1. The van der Waals surface area contributed by atoms with Crippen molar-refractivity contribution >= 4 is 17.2 Å². The lowest BCUT2D eigenvalue weighted by atomic mass is 9.89. The summed E-state index contributed by atoms with van der Waals surface area (Å²) in [5.41, 5.74) is 7.46. The number of piperidine rings is 1. The first kappa shape index (κ1) is 13.6. The van der Waals surface area contributed by atoms with Gasteiger partial charge in [-0.05, 0) is 41.1 Å². The summed E-state index contributed by atoms with van der Waals surface area (Å²) < 4.78 is 0. The molecule has 0 spiro atoms. The van der Waals surface area contributed by atoms with E-state index >= 15 is 0 Å². The number of carbonyl (C=O) groups excluding carboxylic acids is 1. The molecule has 2 atom stereocenters. The van der Waals surface area contributed by atoms with Gasteiger partial charge in [-0.15, -0.1) is 0 Å². The standard InChI is InChI=1S/C14H22N2OS/c1-10(2)14(17)16-7-12(6-13(15)8-16)5-11-3-4-18-9-11/h3-4,9-10,12-13H,5-8,15H2,1-2H3. The van der Waals surface area contributed by atoms with Gasteiger partial charge in [0.25, 0.3) is 0 Å². The highest BCUT2D eigenvalue weighted by Gasteiger charge is 2.29. The van der Waals surface area contributed by atoms with Gasteiger partial charge in [-0.25, -0.2) is 0 Å². The van der Waals surface area contributed by atoms with Crippen LogP contribution in [0.3, 0.4) is 0 Å². The molecule has 0 bridgehead atoms. The minimum Gasteiger partial charge on any atom is -0.341 e. The van der Waals surface area contributed by atoms with Crippen LogP contribution >= 0.6 is 11.3 Å². The third-order valence-corrected chi connectivity index (χ3v) is 4.21. The number of nitrogens with zero attached hydrogens (tertiary/aromatic N) is 1. The Morgan fingerprint density at radius 1 is 1.56 bits per heavy atom. The third-order valence-electron chi connectivity index (χ3n) is 3.48. The van der Waals surface area contributed by atoms with E-state index in [1.807, 2.05) is 18.7 Å². The lowest BCUT2D eigenvalue weighted by Crippen LogP contribution is -2.51. The number of rotatable bonds is 3. The fourth-order valence-electron chi connectivity index (χ4n) is 2.68. The van der Waals surface area contributed by atoms with Crippen LogP contribution in [0, 0.1) is 11.8 Å². The van der Waals surface area contributed by atoms with E-state index in [9.17, 15) is 4.79 Å². The molecule has 0 aromatic carbocycles. The molecular weight excluding hydrogens is 244 g/mol. The monoisotopic (exact) mass is 266 g/mol. The maximum Gasteiger partial charge on any atom is 0.225 e. The Morgan fingerprint density at radius 2 is 2.33 bits per heavy atom. The summed E-state index contributed by atoms with van der Waals surface area (Å²) in [7, 11) is 0. The van der Waals surface area contributed by atoms with Gasteiger partial charge < -0.3 is 10.6 Å². The molecule has 1 aliphatic rings. The molecule has 100 valence electrons. The average molecular weight is 266 g/mol. The molecule has 2 heterocycles. The predicted molar refractivity (Wildman–Crippen MR) is 75.5 cm³/mol. The van der Waals surface area contributed by atoms with Gasteiger partial charge in [0.05, 0.1) is 0 Å².